The summed E-state index contributed by atoms with van der Waals surface area (Å²) in [5, 5.41) is 0.770. The van der Waals surface area contributed by atoms with Crippen LogP contribution in [-0.2, 0) is 17.6 Å². The van der Waals surface area contributed by atoms with Gasteiger partial charge >= 0.3 is 0 Å². The number of fused-ring (bicyclic) bond motifs is 2. The largest absolute Gasteiger partial charge is 0.342 e. The third kappa shape index (κ3) is 4.91. The zero-order valence-electron chi connectivity index (χ0n) is 18.7. The number of hydrogen-bond donors (Lipinski definition) is 1. The number of aryl methyl sites for hydroxylation is 2. The van der Waals surface area contributed by atoms with Crippen LogP contribution in [0, 0.1) is 11.8 Å². The second kappa shape index (κ2) is 9.96. The Morgan fingerprint density at radius 3 is 2.42 bits per heavy atom. The van der Waals surface area contributed by atoms with Crippen molar-refractivity contribution in [2.24, 2.45) is 17.6 Å². The summed E-state index contributed by atoms with van der Waals surface area (Å²) in [6, 6.07) is 6.64. The molecule has 4 nitrogen and oxygen atoms in total. The summed E-state index contributed by atoms with van der Waals surface area (Å²) >= 11 is 13.9. The van der Waals surface area contributed by atoms with E-state index in [1.165, 1.54) is 22.4 Å². The summed E-state index contributed by atoms with van der Waals surface area (Å²) in [6.45, 7) is 1.66. The maximum atomic E-state index is 13.2. The highest BCUT2D eigenvalue weighted by Crippen LogP contribution is 2.46. The number of pyridine rings is 1. The van der Waals surface area contributed by atoms with Crippen molar-refractivity contribution in [3.05, 3.63) is 60.7 Å². The lowest BCUT2D eigenvalue weighted by Crippen LogP contribution is -2.44. The van der Waals surface area contributed by atoms with E-state index in [0.717, 1.165) is 78.4 Å². The lowest BCUT2D eigenvalue weighted by atomic mass is 9.76. The molecule has 2 fully saturated rings. The monoisotopic (exact) mass is 593 g/mol. The molecule has 1 atom stereocenters. The molecule has 1 aliphatic heterocycles. The summed E-state index contributed by atoms with van der Waals surface area (Å²) in [6.07, 6.45) is 9.65. The molecule has 1 saturated heterocycles. The number of nitrogens with zero attached hydrogens (tertiary/aromatic N) is 2. The van der Waals surface area contributed by atoms with Gasteiger partial charge in [0.2, 0.25) is 5.91 Å². The summed E-state index contributed by atoms with van der Waals surface area (Å²) in [7, 11) is 0. The summed E-state index contributed by atoms with van der Waals surface area (Å²) in [5.41, 5.74) is 11.2. The molecule has 1 amide bonds. The highest BCUT2D eigenvalue weighted by molar-refractivity contribution is 9.10. The summed E-state index contributed by atoms with van der Waals surface area (Å²) in [5.74, 6) is 1.16. The summed E-state index contributed by atoms with van der Waals surface area (Å²) in [4.78, 5) is 20.2. The quantitative estimate of drug-likeness (QED) is 0.447. The van der Waals surface area contributed by atoms with Crippen LogP contribution in [0.25, 0.3) is 0 Å². The molecule has 2 aromatic rings. The Bertz CT molecular complexity index is 1050. The molecule has 0 unspecified atom stereocenters. The third-order valence-electron chi connectivity index (χ3n) is 7.86. The van der Waals surface area contributed by atoms with E-state index in [4.69, 9.17) is 22.3 Å². The number of likely N-dealkylation sites (tertiary alicyclic amines) is 1. The van der Waals surface area contributed by atoms with Crippen LogP contribution in [0.3, 0.4) is 0 Å². The van der Waals surface area contributed by atoms with Crippen molar-refractivity contribution < 1.29 is 4.79 Å². The first-order chi connectivity index (χ1) is 15.9. The molecule has 2 heterocycles. The first-order valence-electron chi connectivity index (χ1n) is 12.1. The van der Waals surface area contributed by atoms with Gasteiger partial charge in [0, 0.05) is 51.1 Å². The van der Waals surface area contributed by atoms with Gasteiger partial charge in [-0.25, -0.2) is 0 Å². The van der Waals surface area contributed by atoms with Crippen LogP contribution >= 0.6 is 43.5 Å². The number of rotatable bonds is 2. The van der Waals surface area contributed by atoms with Crippen LogP contribution in [0.5, 0.6) is 0 Å². The predicted molar refractivity (Wildman–Crippen MR) is 140 cm³/mol. The van der Waals surface area contributed by atoms with Gasteiger partial charge < -0.3 is 10.6 Å². The van der Waals surface area contributed by atoms with Gasteiger partial charge in [0.15, 0.2) is 0 Å². The molecule has 0 bridgehead atoms. The molecule has 176 valence electrons. The minimum atomic E-state index is 0.163. The van der Waals surface area contributed by atoms with Gasteiger partial charge in [0.25, 0.3) is 0 Å². The fourth-order valence-corrected chi connectivity index (χ4v) is 7.61. The Kier molecular flexibility index (Phi) is 7.18. The molecule has 0 spiro atoms. The predicted octanol–water partition coefficient (Wildman–Crippen LogP) is 6.25. The van der Waals surface area contributed by atoms with Gasteiger partial charge in [0.1, 0.15) is 0 Å². The second-order valence-electron chi connectivity index (χ2n) is 9.91. The Morgan fingerprint density at radius 1 is 1.00 bits per heavy atom. The van der Waals surface area contributed by atoms with Crippen LogP contribution < -0.4 is 5.73 Å². The Labute approximate surface area is 217 Å². The van der Waals surface area contributed by atoms with E-state index in [9.17, 15) is 4.79 Å². The van der Waals surface area contributed by atoms with Crippen LogP contribution in [-0.4, -0.2) is 34.9 Å². The molecule has 2 N–H and O–H groups in total. The van der Waals surface area contributed by atoms with Crippen LogP contribution in [0.4, 0.5) is 0 Å². The van der Waals surface area contributed by atoms with Crippen LogP contribution in [0.1, 0.15) is 66.8 Å². The topological polar surface area (TPSA) is 59.2 Å². The Morgan fingerprint density at radius 2 is 1.70 bits per heavy atom. The number of nitrogens with two attached hydrogens (primary N) is 1. The first kappa shape index (κ1) is 23.8. The Hall–Kier alpha value is -0.950. The maximum absolute atomic E-state index is 13.2. The number of benzene rings is 1. The molecule has 3 aliphatic rings. The van der Waals surface area contributed by atoms with E-state index in [2.05, 4.69) is 48.9 Å². The fourth-order valence-electron chi connectivity index (χ4n) is 6.11. The van der Waals surface area contributed by atoms with Crippen molar-refractivity contribution in [2.75, 3.05) is 13.1 Å². The lowest BCUT2D eigenvalue weighted by molar-refractivity contribution is -0.138. The maximum Gasteiger partial charge on any atom is 0.225 e. The molecule has 1 aromatic heterocycles. The van der Waals surface area contributed by atoms with Crippen molar-refractivity contribution in [1.82, 2.24) is 9.88 Å². The number of carbonyl (C=O) groups is 1. The van der Waals surface area contributed by atoms with Gasteiger partial charge in [-0.15, -0.1) is 0 Å². The number of aromatic nitrogens is 1. The Balaban J connectivity index is 1.41. The van der Waals surface area contributed by atoms with Crippen molar-refractivity contribution in [3.8, 4) is 0 Å². The van der Waals surface area contributed by atoms with Gasteiger partial charge in [0.05, 0.1) is 5.69 Å². The molecule has 0 radical (unpaired) electrons. The third-order valence-corrected chi connectivity index (χ3v) is 9.17. The molecular formula is C26H30Br2ClN3O. The number of hydrogen-bond acceptors (Lipinski definition) is 3. The molecule has 2 aliphatic carbocycles. The van der Waals surface area contributed by atoms with E-state index in [1.54, 1.807) is 0 Å². The van der Waals surface area contributed by atoms with Crippen molar-refractivity contribution in [2.45, 2.75) is 63.3 Å². The highest BCUT2D eigenvalue weighted by atomic mass is 79.9. The smallest absolute Gasteiger partial charge is 0.225 e. The molecule has 33 heavy (non-hydrogen) atoms. The van der Waals surface area contributed by atoms with Gasteiger partial charge in [-0.1, -0.05) is 27.5 Å². The SMILES string of the molecule is NC1CCC(C(=O)N2CCC([C@H]3c4ncc(Br)cc4CCc4cc(Cl)cc(Br)c43)CC2)CC1. The molecular weight excluding hydrogens is 566 g/mol. The van der Waals surface area contributed by atoms with Crippen molar-refractivity contribution in [1.29, 1.82) is 0 Å². The summed E-state index contributed by atoms with van der Waals surface area (Å²) < 4.78 is 2.10. The minimum Gasteiger partial charge on any atom is -0.342 e. The van der Waals surface area contributed by atoms with Gasteiger partial charge in [-0.3, -0.25) is 9.78 Å². The number of amides is 1. The van der Waals surface area contributed by atoms with Gasteiger partial charge in [-0.05, 0) is 108 Å². The fraction of sp³-hybridized carbons (Fsp3) is 0.538. The zero-order valence-corrected chi connectivity index (χ0v) is 22.6. The minimum absolute atomic E-state index is 0.163. The van der Waals surface area contributed by atoms with E-state index in [0.29, 0.717) is 11.8 Å². The average Bonchev–Trinajstić information content (AvgIpc) is 2.96. The second-order valence-corrected chi connectivity index (χ2v) is 12.1. The van der Waals surface area contributed by atoms with Gasteiger partial charge in [-0.2, -0.15) is 0 Å². The number of halogens is 3. The number of piperidine rings is 1. The number of carbonyl (C=O) groups excluding carboxylic acids is 1. The normalized spacial score (nSPS) is 25.8. The van der Waals surface area contributed by atoms with E-state index in [-0.39, 0.29) is 17.9 Å². The first-order valence-corrected chi connectivity index (χ1v) is 14.0. The highest BCUT2D eigenvalue weighted by Gasteiger charge is 2.37. The molecule has 5 rings (SSSR count). The van der Waals surface area contributed by atoms with Crippen molar-refractivity contribution >= 4 is 49.4 Å². The van der Waals surface area contributed by atoms with Crippen molar-refractivity contribution in [3.63, 3.8) is 0 Å². The zero-order chi connectivity index (χ0) is 23.1. The van der Waals surface area contributed by atoms with Crippen LogP contribution in [0.2, 0.25) is 5.02 Å². The molecule has 1 saturated carbocycles. The standard InChI is InChI=1S/C26H30Br2ClN3O/c27-19-11-18-2-1-17-12-20(29)13-22(28)23(17)24(25(18)31-14-19)15-7-9-32(10-8-15)26(33)16-3-5-21(30)6-4-16/h11-16,21,24H,1-10,30H2/t16?,21?,24-/m1/s1. The molecule has 7 heteroatoms. The lowest BCUT2D eigenvalue weighted by Gasteiger charge is -2.39. The average molecular weight is 596 g/mol. The molecule has 1 aromatic carbocycles. The van der Waals surface area contributed by atoms with E-state index >= 15 is 0 Å². The van der Waals surface area contributed by atoms with Crippen LogP contribution in [0.15, 0.2) is 33.3 Å². The van der Waals surface area contributed by atoms with E-state index < -0.39 is 0 Å². The van der Waals surface area contributed by atoms with E-state index in [1.807, 2.05) is 12.3 Å².